The van der Waals surface area contributed by atoms with Gasteiger partial charge in [0, 0.05) is 42.8 Å². The van der Waals surface area contributed by atoms with Crippen molar-refractivity contribution in [3.8, 4) is 0 Å². The fourth-order valence-corrected chi connectivity index (χ4v) is 4.39. The summed E-state index contributed by atoms with van der Waals surface area (Å²) >= 11 is 7.91. The highest BCUT2D eigenvalue weighted by molar-refractivity contribution is 7.14. The number of piperidine rings is 1. The van der Waals surface area contributed by atoms with Gasteiger partial charge >= 0.3 is 0 Å². The summed E-state index contributed by atoms with van der Waals surface area (Å²) in [5, 5.41) is 13.8. The molecule has 1 aromatic carbocycles. The number of nitrogens with zero attached hydrogens (tertiary/aromatic N) is 2. The molecule has 162 valence electrons. The molecule has 2 aromatic rings. The number of guanidine groups is 1. The smallest absolute Gasteiger partial charge is 0.226 e. The van der Waals surface area contributed by atoms with Crippen LogP contribution in [0.25, 0.3) is 0 Å². The van der Waals surface area contributed by atoms with Crippen LogP contribution in [-0.2, 0) is 4.79 Å². The number of benzene rings is 1. The number of halogens is 1. The van der Waals surface area contributed by atoms with Crippen LogP contribution in [0.4, 0.5) is 10.7 Å². The molecule has 0 aliphatic carbocycles. The Hall–Kier alpha value is -2.25. The summed E-state index contributed by atoms with van der Waals surface area (Å²) in [6, 6.07) is 10.2. The van der Waals surface area contributed by atoms with Gasteiger partial charge in [-0.05, 0) is 61.9 Å². The van der Waals surface area contributed by atoms with Gasteiger partial charge in [0.05, 0.1) is 11.5 Å². The van der Waals surface area contributed by atoms with Gasteiger partial charge in [0.1, 0.15) is 0 Å². The van der Waals surface area contributed by atoms with E-state index in [2.05, 4.69) is 43.4 Å². The maximum absolute atomic E-state index is 12.3. The van der Waals surface area contributed by atoms with Crippen LogP contribution in [0.15, 0.2) is 40.7 Å². The minimum absolute atomic E-state index is 0.0655. The molecule has 1 aliphatic rings. The van der Waals surface area contributed by atoms with Crippen molar-refractivity contribution in [2.45, 2.75) is 39.2 Å². The highest BCUT2D eigenvalue weighted by atomic mass is 35.5. The van der Waals surface area contributed by atoms with E-state index in [4.69, 9.17) is 11.6 Å². The Balaban J connectivity index is 1.46. The zero-order valence-electron chi connectivity index (χ0n) is 17.6. The second kappa shape index (κ2) is 11.2. The van der Waals surface area contributed by atoms with Crippen molar-refractivity contribution >= 4 is 45.5 Å². The summed E-state index contributed by atoms with van der Waals surface area (Å²) in [5.41, 5.74) is 1.62. The number of hydrogen-bond donors (Lipinski definition) is 3. The lowest BCUT2D eigenvalue weighted by Crippen LogP contribution is -2.48. The Kier molecular flexibility index (Phi) is 8.39. The van der Waals surface area contributed by atoms with E-state index in [1.165, 1.54) is 5.00 Å². The van der Waals surface area contributed by atoms with Gasteiger partial charge < -0.3 is 20.9 Å². The summed E-state index contributed by atoms with van der Waals surface area (Å²) in [6.45, 7) is 7.23. The van der Waals surface area contributed by atoms with Crippen molar-refractivity contribution in [3.63, 3.8) is 0 Å². The van der Waals surface area contributed by atoms with Crippen LogP contribution in [-0.4, -0.2) is 44.1 Å². The zero-order chi connectivity index (χ0) is 21.3. The summed E-state index contributed by atoms with van der Waals surface area (Å²) in [6.07, 6.45) is 2.45. The van der Waals surface area contributed by atoms with Crippen LogP contribution in [0, 0.1) is 6.92 Å². The van der Waals surface area contributed by atoms with Gasteiger partial charge in [-0.15, -0.1) is 11.3 Å². The van der Waals surface area contributed by atoms with E-state index in [-0.39, 0.29) is 5.91 Å². The molecule has 1 aromatic heterocycles. The number of carbonyl (C=O) groups is 1. The van der Waals surface area contributed by atoms with E-state index >= 15 is 0 Å². The van der Waals surface area contributed by atoms with Gasteiger partial charge in [0.25, 0.3) is 0 Å². The summed E-state index contributed by atoms with van der Waals surface area (Å²) < 4.78 is 0. The molecule has 0 saturated carbocycles. The third-order valence-corrected chi connectivity index (χ3v) is 6.49. The average molecular weight is 448 g/mol. The maximum atomic E-state index is 12.3. The zero-order valence-corrected chi connectivity index (χ0v) is 19.2. The first kappa shape index (κ1) is 22.4. The third kappa shape index (κ3) is 6.37. The van der Waals surface area contributed by atoms with Crippen LogP contribution >= 0.6 is 22.9 Å². The molecule has 0 atom stereocenters. The lowest BCUT2D eigenvalue weighted by atomic mass is 10.1. The van der Waals surface area contributed by atoms with Crippen LogP contribution in [0.1, 0.15) is 31.7 Å². The van der Waals surface area contributed by atoms with E-state index in [0.29, 0.717) is 24.0 Å². The van der Waals surface area contributed by atoms with Crippen molar-refractivity contribution in [1.29, 1.82) is 0 Å². The molecule has 1 aliphatic heterocycles. The highest BCUT2D eigenvalue weighted by Crippen LogP contribution is 2.25. The Morgan fingerprint density at radius 3 is 2.77 bits per heavy atom. The number of rotatable bonds is 7. The molecule has 6 nitrogen and oxygen atoms in total. The first-order chi connectivity index (χ1) is 14.6. The van der Waals surface area contributed by atoms with Gasteiger partial charge in [-0.2, -0.15) is 0 Å². The van der Waals surface area contributed by atoms with Crippen LogP contribution in [0.2, 0.25) is 5.02 Å². The van der Waals surface area contributed by atoms with E-state index in [9.17, 15) is 4.79 Å². The number of nitrogens with one attached hydrogen (secondary N) is 3. The van der Waals surface area contributed by atoms with E-state index in [0.717, 1.165) is 49.7 Å². The molecule has 0 unspecified atom stereocenters. The molecule has 1 amide bonds. The number of thiophene rings is 1. The SMILES string of the molecule is CCNC(=NCCC(=O)Nc1cccc(Cl)c1C)NC1CCN(c2cccs2)CC1. The predicted molar refractivity (Wildman–Crippen MR) is 128 cm³/mol. The number of carbonyl (C=O) groups excluding carboxylic acids is 1. The fourth-order valence-electron chi connectivity index (χ4n) is 3.43. The standard InChI is InChI=1S/C22H30ClN5OS/c1-3-24-22(26-17-10-13-28(14-11-17)21-8-5-15-30-21)25-12-9-20(29)27-19-7-4-6-18(23)16(19)2/h4-8,15,17H,3,9-14H2,1-2H3,(H,27,29)(H2,24,25,26). The highest BCUT2D eigenvalue weighted by Gasteiger charge is 2.20. The Morgan fingerprint density at radius 2 is 2.07 bits per heavy atom. The topological polar surface area (TPSA) is 68.8 Å². The average Bonchev–Trinajstić information content (AvgIpc) is 3.27. The number of anilines is 2. The molecule has 0 bridgehead atoms. The van der Waals surface area contributed by atoms with E-state index in [1.54, 1.807) is 11.3 Å². The fraction of sp³-hybridized carbons (Fsp3) is 0.455. The molecular formula is C22H30ClN5OS. The number of hydrogen-bond acceptors (Lipinski definition) is 4. The second-order valence-electron chi connectivity index (χ2n) is 7.33. The minimum atomic E-state index is -0.0655. The third-order valence-electron chi connectivity index (χ3n) is 5.15. The molecule has 3 rings (SSSR count). The van der Waals surface area contributed by atoms with Crippen molar-refractivity contribution < 1.29 is 4.79 Å². The van der Waals surface area contributed by atoms with Crippen molar-refractivity contribution in [2.24, 2.45) is 4.99 Å². The van der Waals surface area contributed by atoms with Gasteiger partial charge in [0.15, 0.2) is 5.96 Å². The Labute approximate surface area is 187 Å². The van der Waals surface area contributed by atoms with E-state index in [1.807, 2.05) is 32.0 Å². The molecule has 30 heavy (non-hydrogen) atoms. The first-order valence-electron chi connectivity index (χ1n) is 10.4. The molecule has 0 radical (unpaired) electrons. The minimum Gasteiger partial charge on any atom is -0.363 e. The van der Waals surface area contributed by atoms with Crippen LogP contribution < -0.4 is 20.9 Å². The molecule has 8 heteroatoms. The molecule has 3 N–H and O–H groups in total. The first-order valence-corrected chi connectivity index (χ1v) is 11.7. The number of amides is 1. The van der Waals surface area contributed by atoms with Crippen molar-refractivity contribution in [3.05, 3.63) is 46.3 Å². The lowest BCUT2D eigenvalue weighted by Gasteiger charge is -2.33. The molecule has 0 spiro atoms. The van der Waals surface area contributed by atoms with Crippen LogP contribution in [0.3, 0.4) is 0 Å². The summed E-state index contributed by atoms with van der Waals surface area (Å²) in [5.74, 6) is 0.711. The molecular weight excluding hydrogens is 418 g/mol. The monoisotopic (exact) mass is 447 g/mol. The van der Waals surface area contributed by atoms with Crippen molar-refractivity contribution in [2.75, 3.05) is 36.4 Å². The van der Waals surface area contributed by atoms with Crippen molar-refractivity contribution in [1.82, 2.24) is 10.6 Å². The van der Waals surface area contributed by atoms with Gasteiger partial charge in [-0.3, -0.25) is 9.79 Å². The number of aliphatic imine (C=N–C) groups is 1. The Morgan fingerprint density at radius 1 is 1.27 bits per heavy atom. The van der Waals surface area contributed by atoms with E-state index < -0.39 is 0 Å². The molecule has 1 saturated heterocycles. The second-order valence-corrected chi connectivity index (χ2v) is 8.66. The van der Waals surface area contributed by atoms with Gasteiger partial charge in [-0.1, -0.05) is 17.7 Å². The van der Waals surface area contributed by atoms with Gasteiger partial charge in [-0.25, -0.2) is 0 Å². The predicted octanol–water partition coefficient (Wildman–Crippen LogP) is 4.26. The maximum Gasteiger partial charge on any atom is 0.226 e. The molecule has 1 fully saturated rings. The lowest BCUT2D eigenvalue weighted by molar-refractivity contribution is -0.116. The normalized spacial score (nSPS) is 15.2. The van der Waals surface area contributed by atoms with Gasteiger partial charge in [0.2, 0.25) is 5.91 Å². The van der Waals surface area contributed by atoms with Crippen LogP contribution in [0.5, 0.6) is 0 Å². The quantitative estimate of drug-likeness (QED) is 0.438. The largest absolute Gasteiger partial charge is 0.363 e. The summed E-state index contributed by atoms with van der Waals surface area (Å²) in [7, 11) is 0. The molecule has 2 heterocycles. The summed E-state index contributed by atoms with van der Waals surface area (Å²) in [4.78, 5) is 19.3. The Bertz CT molecular complexity index is 847.